The average Bonchev–Trinajstić information content (AvgIpc) is 3.01. The third-order valence-electron chi connectivity index (χ3n) is 2.70. The number of aromatic nitrogens is 6. The van der Waals surface area contributed by atoms with E-state index in [9.17, 15) is 0 Å². The molecule has 0 unspecified atom stereocenters. The summed E-state index contributed by atoms with van der Waals surface area (Å²) in [4.78, 5) is 16.8. The van der Waals surface area contributed by atoms with Crippen LogP contribution in [0.1, 0.15) is 26.2 Å². The molecule has 0 saturated carbocycles. The molecule has 21 heavy (non-hydrogen) atoms. The lowest BCUT2D eigenvalue weighted by molar-refractivity contribution is 0.283. The van der Waals surface area contributed by atoms with Crippen LogP contribution >= 0.6 is 0 Å². The summed E-state index contributed by atoms with van der Waals surface area (Å²) < 4.78 is 1.49. The van der Waals surface area contributed by atoms with Crippen LogP contribution in [0.25, 0.3) is 5.95 Å². The third kappa shape index (κ3) is 4.63. The van der Waals surface area contributed by atoms with Gasteiger partial charge in [-0.05, 0) is 26.2 Å². The predicted octanol–water partition coefficient (Wildman–Crippen LogP) is 0.459. The first kappa shape index (κ1) is 15.1. The number of anilines is 2. The smallest absolute Gasteiger partial charge is 0.258 e. The lowest BCUT2D eigenvalue weighted by Gasteiger charge is -2.09. The van der Waals surface area contributed by atoms with E-state index in [4.69, 9.17) is 5.11 Å². The highest BCUT2D eigenvalue weighted by Crippen LogP contribution is 2.08. The minimum Gasteiger partial charge on any atom is -0.396 e. The molecule has 114 valence electrons. The van der Waals surface area contributed by atoms with Crippen molar-refractivity contribution in [3.63, 3.8) is 0 Å². The van der Waals surface area contributed by atoms with Crippen molar-refractivity contribution in [1.29, 1.82) is 0 Å². The molecule has 0 aliphatic rings. The Balaban J connectivity index is 2.05. The summed E-state index contributed by atoms with van der Waals surface area (Å²) in [6.07, 6.45) is 5.69. The lowest BCUT2D eigenvalue weighted by Crippen LogP contribution is -2.13. The SMILES string of the molecule is CCNc1nc(NCCCCCO)nc(-n2cncn2)n1. The first-order chi connectivity index (χ1) is 10.3. The van der Waals surface area contributed by atoms with Gasteiger partial charge in [0.1, 0.15) is 12.7 Å². The maximum absolute atomic E-state index is 8.74. The number of hydrogen-bond acceptors (Lipinski definition) is 8. The first-order valence-electron chi connectivity index (χ1n) is 7.03. The van der Waals surface area contributed by atoms with Crippen molar-refractivity contribution in [3.05, 3.63) is 12.7 Å². The van der Waals surface area contributed by atoms with E-state index in [-0.39, 0.29) is 6.61 Å². The van der Waals surface area contributed by atoms with Crippen molar-refractivity contribution in [1.82, 2.24) is 29.7 Å². The van der Waals surface area contributed by atoms with Crippen LogP contribution in [-0.2, 0) is 0 Å². The standard InChI is InChI=1S/C12H20N8O/c1-2-14-10-17-11(15-6-4-3-5-7-21)19-12(18-10)20-9-13-8-16-20/h8-9,21H,2-7H2,1H3,(H2,14,15,17,18,19). The molecule has 2 aromatic heterocycles. The van der Waals surface area contributed by atoms with Crippen LogP contribution in [0.4, 0.5) is 11.9 Å². The first-order valence-corrected chi connectivity index (χ1v) is 7.03. The van der Waals surface area contributed by atoms with Gasteiger partial charge in [-0.2, -0.15) is 24.7 Å². The van der Waals surface area contributed by atoms with E-state index in [2.05, 4.69) is 35.7 Å². The molecule has 9 heteroatoms. The van der Waals surface area contributed by atoms with Gasteiger partial charge in [0.2, 0.25) is 11.9 Å². The van der Waals surface area contributed by atoms with E-state index in [0.29, 0.717) is 17.8 Å². The van der Waals surface area contributed by atoms with Crippen LogP contribution < -0.4 is 10.6 Å². The highest BCUT2D eigenvalue weighted by Gasteiger charge is 2.08. The summed E-state index contributed by atoms with van der Waals surface area (Å²) in [6.45, 7) is 3.66. The Labute approximate surface area is 122 Å². The van der Waals surface area contributed by atoms with Gasteiger partial charge in [0.15, 0.2) is 0 Å². The fraction of sp³-hybridized carbons (Fsp3) is 0.583. The molecule has 0 aromatic carbocycles. The van der Waals surface area contributed by atoms with E-state index >= 15 is 0 Å². The Morgan fingerprint density at radius 3 is 2.57 bits per heavy atom. The van der Waals surface area contributed by atoms with Crippen molar-refractivity contribution in [2.45, 2.75) is 26.2 Å². The summed E-state index contributed by atoms with van der Waals surface area (Å²) in [6, 6.07) is 0. The van der Waals surface area contributed by atoms with Crippen molar-refractivity contribution in [2.75, 3.05) is 30.3 Å². The zero-order valence-corrected chi connectivity index (χ0v) is 12.0. The molecule has 0 fully saturated rings. The van der Waals surface area contributed by atoms with E-state index in [1.165, 1.54) is 17.3 Å². The number of aliphatic hydroxyl groups excluding tert-OH is 1. The zero-order valence-electron chi connectivity index (χ0n) is 12.0. The Kier molecular flexibility index (Phi) is 5.83. The molecule has 3 N–H and O–H groups in total. The summed E-state index contributed by atoms with van der Waals surface area (Å²) in [7, 11) is 0. The largest absolute Gasteiger partial charge is 0.396 e. The van der Waals surface area contributed by atoms with Gasteiger partial charge in [-0.15, -0.1) is 0 Å². The Hall–Kier alpha value is -2.29. The van der Waals surface area contributed by atoms with Gasteiger partial charge in [0.05, 0.1) is 0 Å². The Morgan fingerprint density at radius 2 is 1.90 bits per heavy atom. The third-order valence-corrected chi connectivity index (χ3v) is 2.70. The monoisotopic (exact) mass is 292 g/mol. The summed E-state index contributed by atoms with van der Waals surface area (Å²) in [5.74, 6) is 1.41. The van der Waals surface area contributed by atoms with Gasteiger partial charge in [0.25, 0.3) is 5.95 Å². The second-order valence-corrected chi connectivity index (χ2v) is 4.36. The molecule has 0 aliphatic heterocycles. The second kappa shape index (κ2) is 8.10. The highest BCUT2D eigenvalue weighted by atomic mass is 16.2. The van der Waals surface area contributed by atoms with Gasteiger partial charge >= 0.3 is 0 Å². The summed E-state index contributed by atoms with van der Waals surface area (Å²) in [5, 5.41) is 19.0. The van der Waals surface area contributed by atoms with Gasteiger partial charge < -0.3 is 15.7 Å². The van der Waals surface area contributed by atoms with Gasteiger partial charge in [-0.3, -0.25) is 0 Å². The molecule has 0 aliphatic carbocycles. The van der Waals surface area contributed by atoms with Crippen molar-refractivity contribution in [3.8, 4) is 5.95 Å². The molecule has 0 radical (unpaired) electrons. The van der Waals surface area contributed by atoms with Crippen molar-refractivity contribution in [2.24, 2.45) is 0 Å². The number of nitrogens with zero attached hydrogens (tertiary/aromatic N) is 6. The molecule has 9 nitrogen and oxygen atoms in total. The fourth-order valence-corrected chi connectivity index (χ4v) is 1.71. The number of rotatable bonds is 9. The highest BCUT2D eigenvalue weighted by molar-refractivity contribution is 5.37. The van der Waals surface area contributed by atoms with Crippen molar-refractivity contribution < 1.29 is 5.11 Å². The zero-order chi connectivity index (χ0) is 14.9. The molecule has 2 aromatic rings. The summed E-state index contributed by atoms with van der Waals surface area (Å²) in [5.41, 5.74) is 0. The molecule has 0 atom stereocenters. The van der Waals surface area contributed by atoms with E-state index in [1.807, 2.05) is 6.92 Å². The molecule has 2 rings (SSSR count). The fourth-order valence-electron chi connectivity index (χ4n) is 1.71. The number of hydrogen-bond donors (Lipinski definition) is 3. The number of aliphatic hydroxyl groups is 1. The van der Waals surface area contributed by atoms with E-state index in [1.54, 1.807) is 0 Å². The quantitative estimate of drug-likeness (QED) is 0.571. The molecule has 2 heterocycles. The van der Waals surface area contributed by atoms with Gasteiger partial charge in [-0.25, -0.2) is 4.98 Å². The average molecular weight is 292 g/mol. The van der Waals surface area contributed by atoms with Crippen LogP contribution in [0.3, 0.4) is 0 Å². The number of nitrogens with one attached hydrogen (secondary N) is 2. The predicted molar refractivity (Wildman–Crippen MR) is 78.3 cm³/mol. The second-order valence-electron chi connectivity index (χ2n) is 4.36. The van der Waals surface area contributed by atoms with Crippen molar-refractivity contribution >= 4 is 11.9 Å². The Bertz CT molecular complexity index is 530. The maximum Gasteiger partial charge on any atom is 0.258 e. The molecular weight excluding hydrogens is 272 g/mol. The van der Waals surface area contributed by atoms with Gasteiger partial charge in [-0.1, -0.05) is 0 Å². The minimum absolute atomic E-state index is 0.229. The van der Waals surface area contributed by atoms with E-state index in [0.717, 1.165) is 32.4 Å². The van der Waals surface area contributed by atoms with Crippen LogP contribution in [0.5, 0.6) is 0 Å². The maximum atomic E-state index is 8.74. The Morgan fingerprint density at radius 1 is 1.10 bits per heavy atom. The molecule has 0 saturated heterocycles. The topological polar surface area (TPSA) is 114 Å². The van der Waals surface area contributed by atoms with E-state index < -0.39 is 0 Å². The minimum atomic E-state index is 0.229. The van der Waals surface area contributed by atoms with Crippen LogP contribution in [-0.4, -0.2) is 54.5 Å². The molecular formula is C12H20N8O. The molecule has 0 amide bonds. The van der Waals surface area contributed by atoms with Gasteiger partial charge in [0, 0.05) is 19.7 Å². The molecule has 0 spiro atoms. The normalized spacial score (nSPS) is 10.6. The van der Waals surface area contributed by atoms with Crippen LogP contribution in [0.15, 0.2) is 12.7 Å². The van der Waals surface area contributed by atoms with Crippen LogP contribution in [0.2, 0.25) is 0 Å². The van der Waals surface area contributed by atoms with Crippen LogP contribution in [0, 0.1) is 0 Å². The lowest BCUT2D eigenvalue weighted by atomic mass is 10.2. The summed E-state index contributed by atoms with van der Waals surface area (Å²) >= 11 is 0. The number of unbranched alkanes of at least 4 members (excludes halogenated alkanes) is 2. The molecule has 0 bridgehead atoms.